The van der Waals surface area contributed by atoms with Gasteiger partial charge in [-0.3, -0.25) is 4.79 Å². The van der Waals surface area contributed by atoms with E-state index in [0.717, 1.165) is 11.1 Å². The molecule has 1 fully saturated rings. The van der Waals surface area contributed by atoms with E-state index in [9.17, 15) is 13.2 Å². The number of carbonyl (C=O) groups is 1. The maximum absolute atomic E-state index is 12.9. The number of piperidine rings is 1. The first kappa shape index (κ1) is 23.1. The molecule has 1 amide bonds. The SMILES string of the molecule is O=C(NN=C(c1ccccc1)c1ccccc1)C1CCN(S(=O)(=O)c2cccnc2Cl)CC1. The number of aromatic nitrogens is 1. The van der Waals surface area contributed by atoms with Crippen LogP contribution in [-0.4, -0.2) is 42.4 Å². The molecule has 9 heteroatoms. The summed E-state index contributed by atoms with van der Waals surface area (Å²) in [5, 5.41) is 4.37. The summed E-state index contributed by atoms with van der Waals surface area (Å²) >= 11 is 5.98. The van der Waals surface area contributed by atoms with Gasteiger partial charge in [0.15, 0.2) is 0 Å². The summed E-state index contributed by atoms with van der Waals surface area (Å²) in [5.41, 5.74) is 5.13. The van der Waals surface area contributed by atoms with Crippen molar-refractivity contribution < 1.29 is 13.2 Å². The molecule has 0 unspecified atom stereocenters. The number of hydrogen-bond acceptors (Lipinski definition) is 5. The summed E-state index contributed by atoms with van der Waals surface area (Å²) in [5.74, 6) is -0.562. The van der Waals surface area contributed by atoms with Gasteiger partial charge in [-0.05, 0) is 25.0 Å². The lowest BCUT2D eigenvalue weighted by Crippen LogP contribution is -2.42. The zero-order chi connectivity index (χ0) is 23.3. The number of hydrogen-bond donors (Lipinski definition) is 1. The first-order valence-corrected chi connectivity index (χ1v) is 12.4. The molecule has 1 aromatic heterocycles. The molecule has 4 rings (SSSR count). The second-order valence-corrected chi connectivity index (χ2v) is 9.90. The fourth-order valence-corrected chi connectivity index (χ4v) is 5.65. The Labute approximate surface area is 198 Å². The van der Waals surface area contributed by atoms with E-state index in [-0.39, 0.29) is 35.0 Å². The van der Waals surface area contributed by atoms with Gasteiger partial charge >= 0.3 is 0 Å². The predicted molar refractivity (Wildman–Crippen MR) is 127 cm³/mol. The van der Waals surface area contributed by atoms with Gasteiger partial charge < -0.3 is 0 Å². The summed E-state index contributed by atoms with van der Waals surface area (Å²) in [6.07, 6.45) is 2.23. The molecule has 3 aromatic rings. The van der Waals surface area contributed by atoms with Crippen molar-refractivity contribution >= 4 is 33.2 Å². The Morgan fingerprint density at radius 1 is 0.939 bits per heavy atom. The van der Waals surface area contributed by atoms with Gasteiger partial charge in [-0.1, -0.05) is 72.3 Å². The lowest BCUT2D eigenvalue weighted by atomic mass is 9.97. The number of hydrazone groups is 1. The molecule has 1 aliphatic rings. The molecule has 2 heterocycles. The number of benzene rings is 2. The Balaban J connectivity index is 1.44. The molecular formula is C24H23ClN4O3S. The second kappa shape index (κ2) is 10.2. The molecule has 33 heavy (non-hydrogen) atoms. The fourth-order valence-electron chi connectivity index (χ4n) is 3.75. The molecule has 0 bridgehead atoms. The Morgan fingerprint density at radius 3 is 2.06 bits per heavy atom. The van der Waals surface area contributed by atoms with Crippen LogP contribution in [0, 0.1) is 5.92 Å². The fraction of sp³-hybridized carbons (Fsp3) is 0.208. The highest BCUT2D eigenvalue weighted by molar-refractivity contribution is 7.89. The van der Waals surface area contributed by atoms with Gasteiger partial charge in [-0.15, -0.1) is 0 Å². The maximum Gasteiger partial charge on any atom is 0.246 e. The van der Waals surface area contributed by atoms with E-state index in [1.807, 2.05) is 60.7 Å². The predicted octanol–water partition coefficient (Wildman–Crippen LogP) is 3.70. The number of nitrogens with zero attached hydrogens (tertiary/aromatic N) is 3. The normalized spacial score (nSPS) is 15.1. The van der Waals surface area contributed by atoms with Crippen molar-refractivity contribution in [1.29, 1.82) is 0 Å². The highest BCUT2D eigenvalue weighted by Crippen LogP contribution is 2.27. The van der Waals surface area contributed by atoms with E-state index in [1.54, 1.807) is 0 Å². The van der Waals surface area contributed by atoms with E-state index in [4.69, 9.17) is 11.6 Å². The summed E-state index contributed by atoms with van der Waals surface area (Å²) in [6.45, 7) is 0.444. The van der Waals surface area contributed by atoms with Crippen LogP contribution in [0.15, 0.2) is 89.0 Å². The van der Waals surface area contributed by atoms with Gasteiger partial charge in [-0.2, -0.15) is 9.41 Å². The largest absolute Gasteiger partial charge is 0.273 e. The van der Waals surface area contributed by atoms with Gasteiger partial charge in [0.05, 0.1) is 5.71 Å². The van der Waals surface area contributed by atoms with Crippen molar-refractivity contribution in [2.24, 2.45) is 11.0 Å². The average Bonchev–Trinajstić information content (AvgIpc) is 2.85. The minimum absolute atomic E-state index is 0.0190. The lowest BCUT2D eigenvalue weighted by Gasteiger charge is -2.30. The highest BCUT2D eigenvalue weighted by Gasteiger charge is 2.33. The summed E-state index contributed by atoms with van der Waals surface area (Å²) in [4.78, 5) is 16.7. The molecule has 0 radical (unpaired) electrons. The van der Waals surface area contributed by atoms with Crippen LogP contribution in [0.5, 0.6) is 0 Å². The molecule has 0 aliphatic carbocycles. The Kier molecular flexibility index (Phi) is 7.17. The minimum Gasteiger partial charge on any atom is -0.273 e. The van der Waals surface area contributed by atoms with E-state index in [2.05, 4.69) is 15.5 Å². The molecule has 1 aliphatic heterocycles. The van der Waals surface area contributed by atoms with Crippen molar-refractivity contribution in [2.75, 3.05) is 13.1 Å². The van der Waals surface area contributed by atoms with E-state index >= 15 is 0 Å². The molecule has 0 saturated carbocycles. The van der Waals surface area contributed by atoms with E-state index in [0.29, 0.717) is 18.6 Å². The van der Waals surface area contributed by atoms with Crippen LogP contribution in [-0.2, 0) is 14.8 Å². The number of nitrogens with one attached hydrogen (secondary N) is 1. The second-order valence-electron chi connectivity index (χ2n) is 7.64. The van der Waals surface area contributed by atoms with Crippen LogP contribution in [0.25, 0.3) is 0 Å². The number of amides is 1. The number of rotatable bonds is 6. The average molecular weight is 483 g/mol. The van der Waals surface area contributed by atoms with Gasteiger partial charge in [0.1, 0.15) is 10.0 Å². The Bertz CT molecular complexity index is 1200. The third kappa shape index (κ3) is 5.30. The summed E-state index contributed by atoms with van der Waals surface area (Å²) in [7, 11) is -3.76. The van der Waals surface area contributed by atoms with Gasteiger partial charge in [0, 0.05) is 36.3 Å². The van der Waals surface area contributed by atoms with Crippen LogP contribution < -0.4 is 5.43 Å². The van der Waals surface area contributed by atoms with Crippen LogP contribution in [0.1, 0.15) is 24.0 Å². The van der Waals surface area contributed by atoms with Crippen LogP contribution in [0.3, 0.4) is 0 Å². The van der Waals surface area contributed by atoms with Gasteiger partial charge in [0.2, 0.25) is 15.9 Å². The summed E-state index contributed by atoms with van der Waals surface area (Å²) < 4.78 is 27.1. The molecule has 1 N–H and O–H groups in total. The Hall–Kier alpha value is -3.07. The lowest BCUT2D eigenvalue weighted by molar-refractivity contribution is -0.126. The van der Waals surface area contributed by atoms with Crippen molar-refractivity contribution in [1.82, 2.24) is 14.7 Å². The van der Waals surface area contributed by atoms with Crippen molar-refractivity contribution in [3.05, 3.63) is 95.3 Å². The first-order chi connectivity index (χ1) is 16.0. The highest BCUT2D eigenvalue weighted by atomic mass is 35.5. The first-order valence-electron chi connectivity index (χ1n) is 10.6. The minimum atomic E-state index is -3.76. The van der Waals surface area contributed by atoms with E-state index in [1.165, 1.54) is 22.6 Å². The third-order valence-corrected chi connectivity index (χ3v) is 7.88. The number of pyridine rings is 1. The van der Waals surface area contributed by atoms with Crippen LogP contribution in [0.2, 0.25) is 5.15 Å². The molecule has 0 atom stereocenters. The quantitative estimate of drug-likeness (QED) is 0.329. The van der Waals surface area contributed by atoms with E-state index < -0.39 is 10.0 Å². The zero-order valence-corrected chi connectivity index (χ0v) is 19.3. The molecule has 170 valence electrons. The zero-order valence-electron chi connectivity index (χ0n) is 17.8. The van der Waals surface area contributed by atoms with Crippen LogP contribution in [0.4, 0.5) is 0 Å². The Morgan fingerprint density at radius 2 is 1.52 bits per heavy atom. The maximum atomic E-state index is 12.9. The molecule has 7 nitrogen and oxygen atoms in total. The molecular weight excluding hydrogens is 460 g/mol. The molecule has 2 aromatic carbocycles. The number of sulfonamides is 1. The van der Waals surface area contributed by atoms with Crippen molar-refractivity contribution in [3.63, 3.8) is 0 Å². The van der Waals surface area contributed by atoms with Crippen molar-refractivity contribution in [2.45, 2.75) is 17.7 Å². The van der Waals surface area contributed by atoms with Crippen LogP contribution >= 0.6 is 11.6 Å². The van der Waals surface area contributed by atoms with Gasteiger partial charge in [0.25, 0.3) is 0 Å². The molecule has 1 saturated heterocycles. The smallest absolute Gasteiger partial charge is 0.246 e. The van der Waals surface area contributed by atoms with Crippen molar-refractivity contribution in [3.8, 4) is 0 Å². The standard InChI is InChI=1S/C24H23ClN4O3S/c25-23-21(12-7-15-26-23)33(31,32)29-16-13-20(14-17-29)24(30)28-27-22(18-8-3-1-4-9-18)19-10-5-2-6-11-19/h1-12,15,20H,13-14,16-17H2,(H,28,30). The molecule has 0 spiro atoms. The monoisotopic (exact) mass is 482 g/mol. The summed E-state index contributed by atoms with van der Waals surface area (Å²) in [6, 6.07) is 22.2. The number of carbonyl (C=O) groups excluding carboxylic acids is 1. The topological polar surface area (TPSA) is 91.7 Å². The third-order valence-electron chi connectivity index (χ3n) is 5.54. The number of halogens is 1. The van der Waals surface area contributed by atoms with Gasteiger partial charge in [-0.25, -0.2) is 18.8 Å².